The highest BCUT2D eigenvalue weighted by atomic mass is 16.6. The molecule has 3 aromatic rings. The van der Waals surface area contributed by atoms with Crippen molar-refractivity contribution in [2.24, 2.45) is 0 Å². The Morgan fingerprint density at radius 3 is 2.70 bits per heavy atom. The number of anilines is 2. The first-order valence-electron chi connectivity index (χ1n) is 10.1. The van der Waals surface area contributed by atoms with Crippen molar-refractivity contribution in [3.63, 3.8) is 0 Å². The van der Waals surface area contributed by atoms with Crippen LogP contribution in [0.1, 0.15) is 31.4 Å². The summed E-state index contributed by atoms with van der Waals surface area (Å²) in [6, 6.07) is 7.36. The normalized spacial score (nSPS) is 16.8. The maximum absolute atomic E-state index is 11.6. The fourth-order valence-corrected chi connectivity index (χ4v) is 4.65. The van der Waals surface area contributed by atoms with Gasteiger partial charge in [0, 0.05) is 56.6 Å². The molecule has 9 heteroatoms. The number of carbonyl (C=O) groups is 1. The molecule has 0 spiro atoms. The van der Waals surface area contributed by atoms with Crippen molar-refractivity contribution in [3.05, 3.63) is 52.5 Å². The van der Waals surface area contributed by atoms with Crippen LogP contribution in [-0.2, 0) is 11.2 Å². The number of fused-ring (bicyclic) bond motifs is 2. The van der Waals surface area contributed by atoms with E-state index in [1.165, 1.54) is 0 Å². The molecule has 1 fully saturated rings. The number of non-ortho nitro benzene ring substituents is 1. The number of benzene rings is 1. The predicted octanol–water partition coefficient (Wildman–Crippen LogP) is 3.22. The average molecular weight is 406 g/mol. The Labute approximate surface area is 173 Å². The van der Waals surface area contributed by atoms with Gasteiger partial charge in [0.15, 0.2) is 0 Å². The number of aromatic nitrogens is 3. The van der Waals surface area contributed by atoms with Crippen LogP contribution >= 0.6 is 0 Å². The number of likely N-dealkylation sites (tertiary alicyclic amines) is 1. The van der Waals surface area contributed by atoms with Crippen LogP contribution in [0.5, 0.6) is 0 Å². The summed E-state index contributed by atoms with van der Waals surface area (Å²) in [5, 5.41) is 12.1. The van der Waals surface area contributed by atoms with Crippen LogP contribution in [0.3, 0.4) is 0 Å². The minimum absolute atomic E-state index is 0.117. The fraction of sp³-hybridized carbons (Fsp3) is 0.381. The van der Waals surface area contributed by atoms with Crippen LogP contribution < -0.4 is 4.90 Å². The second kappa shape index (κ2) is 7.08. The van der Waals surface area contributed by atoms with Crippen LogP contribution in [0, 0.1) is 10.1 Å². The Balaban J connectivity index is 1.47. The zero-order valence-electron chi connectivity index (χ0n) is 16.7. The Morgan fingerprint density at radius 2 is 1.97 bits per heavy atom. The molecule has 1 amide bonds. The molecule has 1 saturated heterocycles. The van der Waals surface area contributed by atoms with Gasteiger partial charge in [0.05, 0.1) is 10.3 Å². The number of carbonyl (C=O) groups excluding carboxylic acids is 1. The number of hydrogen-bond donors (Lipinski definition) is 0. The lowest BCUT2D eigenvalue weighted by Gasteiger charge is -2.32. The molecule has 9 nitrogen and oxygen atoms in total. The predicted molar refractivity (Wildman–Crippen MR) is 112 cm³/mol. The van der Waals surface area contributed by atoms with Crippen LogP contribution in [0.4, 0.5) is 17.2 Å². The lowest BCUT2D eigenvalue weighted by atomic mass is 10.0. The van der Waals surface area contributed by atoms with Gasteiger partial charge in [-0.3, -0.25) is 14.9 Å². The molecule has 0 unspecified atom stereocenters. The molecule has 5 rings (SSSR count). The van der Waals surface area contributed by atoms with Gasteiger partial charge in [0.25, 0.3) is 5.69 Å². The maximum Gasteiger partial charge on any atom is 0.269 e. The first-order valence-corrected chi connectivity index (χ1v) is 10.1. The van der Waals surface area contributed by atoms with Gasteiger partial charge >= 0.3 is 0 Å². The molecule has 0 N–H and O–H groups in total. The number of nitrogens with zero attached hydrogens (tertiary/aromatic N) is 6. The van der Waals surface area contributed by atoms with E-state index in [4.69, 9.17) is 0 Å². The third-order valence-corrected chi connectivity index (χ3v) is 6.22. The van der Waals surface area contributed by atoms with Crippen molar-refractivity contribution in [1.82, 2.24) is 19.4 Å². The first-order chi connectivity index (χ1) is 14.5. The van der Waals surface area contributed by atoms with Gasteiger partial charge in [-0.1, -0.05) is 0 Å². The SMILES string of the molecule is CC(=O)N1CCC(n2ccc3c(N4CCc5cc([N+](=O)[O-])ccc54)ncnc32)CC1. The summed E-state index contributed by atoms with van der Waals surface area (Å²) in [7, 11) is 0. The molecule has 30 heavy (non-hydrogen) atoms. The third kappa shape index (κ3) is 2.97. The van der Waals surface area contributed by atoms with E-state index in [1.54, 1.807) is 25.4 Å². The summed E-state index contributed by atoms with van der Waals surface area (Å²) >= 11 is 0. The smallest absolute Gasteiger partial charge is 0.269 e. The molecular formula is C21H22N6O3. The molecular weight excluding hydrogens is 384 g/mol. The minimum Gasteiger partial charge on any atom is -0.343 e. The van der Waals surface area contributed by atoms with Gasteiger partial charge in [-0.05, 0) is 37.0 Å². The number of piperidine rings is 1. The van der Waals surface area contributed by atoms with E-state index >= 15 is 0 Å². The first kappa shape index (κ1) is 18.5. The van der Waals surface area contributed by atoms with Crippen molar-refractivity contribution < 1.29 is 9.72 Å². The lowest BCUT2D eigenvalue weighted by molar-refractivity contribution is -0.384. The highest BCUT2D eigenvalue weighted by Crippen LogP contribution is 2.39. The summed E-state index contributed by atoms with van der Waals surface area (Å²) in [4.78, 5) is 35.5. The minimum atomic E-state index is -0.358. The Bertz CT molecular complexity index is 1150. The van der Waals surface area contributed by atoms with Crippen LogP contribution in [0.2, 0.25) is 0 Å². The molecule has 0 radical (unpaired) electrons. The van der Waals surface area contributed by atoms with Gasteiger partial charge in [0.1, 0.15) is 17.8 Å². The summed E-state index contributed by atoms with van der Waals surface area (Å²) < 4.78 is 2.20. The van der Waals surface area contributed by atoms with Crippen LogP contribution in [0.15, 0.2) is 36.8 Å². The quantitative estimate of drug-likeness (QED) is 0.489. The second-order valence-electron chi connectivity index (χ2n) is 7.87. The van der Waals surface area contributed by atoms with E-state index < -0.39 is 0 Å². The van der Waals surface area contributed by atoms with E-state index in [0.717, 1.165) is 67.0 Å². The van der Waals surface area contributed by atoms with Crippen molar-refractivity contribution in [2.75, 3.05) is 24.5 Å². The molecule has 2 aromatic heterocycles. The number of hydrogen-bond acceptors (Lipinski definition) is 6. The van der Waals surface area contributed by atoms with E-state index in [1.807, 2.05) is 17.0 Å². The van der Waals surface area contributed by atoms with Crippen molar-refractivity contribution in [1.29, 1.82) is 0 Å². The maximum atomic E-state index is 11.6. The molecule has 0 aliphatic carbocycles. The zero-order valence-corrected chi connectivity index (χ0v) is 16.7. The molecule has 0 saturated carbocycles. The van der Waals surface area contributed by atoms with Gasteiger partial charge < -0.3 is 14.4 Å². The zero-order chi connectivity index (χ0) is 20.8. The highest BCUT2D eigenvalue weighted by molar-refractivity contribution is 5.91. The van der Waals surface area contributed by atoms with Gasteiger partial charge in [-0.25, -0.2) is 9.97 Å². The van der Waals surface area contributed by atoms with E-state index in [2.05, 4.69) is 25.6 Å². The topological polar surface area (TPSA) is 97.4 Å². The Kier molecular flexibility index (Phi) is 4.38. The van der Waals surface area contributed by atoms with Gasteiger partial charge in [-0.15, -0.1) is 0 Å². The van der Waals surface area contributed by atoms with Crippen molar-refractivity contribution in [2.45, 2.75) is 32.2 Å². The number of rotatable bonds is 3. The molecule has 1 aromatic carbocycles. The molecule has 0 bridgehead atoms. The number of amides is 1. The van der Waals surface area contributed by atoms with Crippen molar-refractivity contribution >= 4 is 34.1 Å². The van der Waals surface area contributed by atoms with E-state index in [-0.39, 0.29) is 16.5 Å². The molecule has 2 aliphatic rings. The lowest BCUT2D eigenvalue weighted by Crippen LogP contribution is -2.37. The monoisotopic (exact) mass is 406 g/mol. The van der Waals surface area contributed by atoms with Crippen LogP contribution in [0.25, 0.3) is 11.0 Å². The highest BCUT2D eigenvalue weighted by Gasteiger charge is 2.27. The molecule has 0 atom stereocenters. The average Bonchev–Trinajstić information content (AvgIpc) is 3.37. The summed E-state index contributed by atoms with van der Waals surface area (Å²) in [5.74, 6) is 0.955. The summed E-state index contributed by atoms with van der Waals surface area (Å²) in [6.45, 7) is 3.87. The standard InChI is InChI=1S/C21H22N6O3/c1-14(28)24-8-5-16(6-9-24)25-11-7-18-20(25)22-13-23-21(18)26-10-4-15-12-17(27(29)30)2-3-19(15)26/h2-3,7,11-13,16H,4-6,8-10H2,1H3. The molecule has 2 aliphatic heterocycles. The number of nitro groups is 1. The molecule has 4 heterocycles. The van der Waals surface area contributed by atoms with E-state index in [9.17, 15) is 14.9 Å². The largest absolute Gasteiger partial charge is 0.343 e. The third-order valence-electron chi connectivity index (χ3n) is 6.22. The second-order valence-corrected chi connectivity index (χ2v) is 7.87. The van der Waals surface area contributed by atoms with Crippen molar-refractivity contribution in [3.8, 4) is 0 Å². The fourth-order valence-electron chi connectivity index (χ4n) is 4.65. The molecule has 154 valence electrons. The van der Waals surface area contributed by atoms with Gasteiger partial charge in [0.2, 0.25) is 5.91 Å². The van der Waals surface area contributed by atoms with Gasteiger partial charge in [-0.2, -0.15) is 0 Å². The Morgan fingerprint density at radius 1 is 1.17 bits per heavy atom. The summed E-state index contributed by atoms with van der Waals surface area (Å²) in [6.07, 6.45) is 6.19. The summed E-state index contributed by atoms with van der Waals surface area (Å²) in [5.41, 5.74) is 2.93. The van der Waals surface area contributed by atoms with E-state index in [0.29, 0.717) is 6.04 Å². The number of nitro benzene ring substituents is 1. The Hall–Kier alpha value is -3.49. The van der Waals surface area contributed by atoms with Crippen LogP contribution in [-0.4, -0.2) is 49.9 Å².